The zero-order valence-corrected chi connectivity index (χ0v) is 12.0. The second-order valence-electron chi connectivity index (χ2n) is 4.71. The van der Waals surface area contributed by atoms with Gasteiger partial charge in [-0.3, -0.25) is 0 Å². The third kappa shape index (κ3) is 2.68. The van der Waals surface area contributed by atoms with E-state index in [0.717, 1.165) is 40.6 Å². The van der Waals surface area contributed by atoms with Crippen molar-refractivity contribution in [3.63, 3.8) is 0 Å². The molecule has 4 heteroatoms. The number of hydrogen-bond donors (Lipinski definition) is 1. The number of methoxy groups -OCH3 is 1. The zero-order valence-electron chi connectivity index (χ0n) is 10.4. The summed E-state index contributed by atoms with van der Waals surface area (Å²) in [5.41, 5.74) is 7.97. The van der Waals surface area contributed by atoms with Crippen LogP contribution >= 0.6 is 15.9 Å². The fourth-order valence-electron chi connectivity index (χ4n) is 2.26. The molecule has 1 aromatic carbocycles. The second-order valence-corrected chi connectivity index (χ2v) is 5.63. The fourth-order valence-corrected chi connectivity index (χ4v) is 2.68. The minimum Gasteiger partial charge on any atom is -0.494 e. The zero-order chi connectivity index (χ0) is 12.4. The average molecular weight is 299 g/mol. The molecule has 1 saturated heterocycles. The lowest BCUT2D eigenvalue weighted by Crippen LogP contribution is -2.33. The number of rotatable bonds is 2. The Morgan fingerprint density at radius 3 is 2.59 bits per heavy atom. The molecule has 0 atom stereocenters. The molecule has 0 unspecified atom stereocenters. The molecule has 0 saturated carbocycles. The van der Waals surface area contributed by atoms with E-state index in [9.17, 15) is 0 Å². The van der Waals surface area contributed by atoms with E-state index in [4.69, 9.17) is 10.5 Å². The highest BCUT2D eigenvalue weighted by molar-refractivity contribution is 9.10. The number of hydrogen-bond acceptors (Lipinski definition) is 3. The number of anilines is 2. The summed E-state index contributed by atoms with van der Waals surface area (Å²) in [7, 11) is 1.65. The minimum absolute atomic E-state index is 0.741. The number of piperidine rings is 1. The molecule has 2 N–H and O–H groups in total. The number of nitrogens with two attached hydrogens (primary N) is 1. The van der Waals surface area contributed by atoms with Gasteiger partial charge in [0.25, 0.3) is 0 Å². The average Bonchev–Trinajstić information content (AvgIpc) is 2.33. The molecule has 94 valence electrons. The molecule has 0 spiro atoms. The van der Waals surface area contributed by atoms with Gasteiger partial charge < -0.3 is 15.4 Å². The summed E-state index contributed by atoms with van der Waals surface area (Å²) >= 11 is 3.50. The van der Waals surface area contributed by atoms with Gasteiger partial charge in [-0.1, -0.05) is 22.9 Å². The maximum absolute atomic E-state index is 6.14. The SMILES string of the molecule is COc1cc(Br)cc(N2CCC(C)CC2)c1N. The highest BCUT2D eigenvalue weighted by Crippen LogP contribution is 2.37. The van der Waals surface area contributed by atoms with Crippen molar-refractivity contribution in [3.05, 3.63) is 16.6 Å². The van der Waals surface area contributed by atoms with Crippen LogP contribution in [0.3, 0.4) is 0 Å². The van der Waals surface area contributed by atoms with Crippen molar-refractivity contribution in [1.29, 1.82) is 0 Å². The van der Waals surface area contributed by atoms with Crippen LogP contribution in [-0.2, 0) is 0 Å². The Kier molecular flexibility index (Phi) is 3.82. The highest BCUT2D eigenvalue weighted by atomic mass is 79.9. The van der Waals surface area contributed by atoms with Gasteiger partial charge in [0.15, 0.2) is 0 Å². The third-order valence-corrected chi connectivity index (χ3v) is 3.89. The number of nitrogen functional groups attached to an aromatic ring is 1. The topological polar surface area (TPSA) is 38.5 Å². The van der Waals surface area contributed by atoms with Gasteiger partial charge in [-0.25, -0.2) is 0 Å². The van der Waals surface area contributed by atoms with Crippen LogP contribution in [0.4, 0.5) is 11.4 Å². The molecule has 0 bridgehead atoms. The van der Waals surface area contributed by atoms with Crippen LogP contribution < -0.4 is 15.4 Å². The van der Waals surface area contributed by atoms with Crippen LogP contribution in [0.5, 0.6) is 5.75 Å². The van der Waals surface area contributed by atoms with E-state index < -0.39 is 0 Å². The molecule has 2 rings (SSSR count). The summed E-state index contributed by atoms with van der Waals surface area (Å²) in [5, 5.41) is 0. The Hall–Kier alpha value is -0.900. The van der Waals surface area contributed by atoms with Crippen molar-refractivity contribution in [2.45, 2.75) is 19.8 Å². The van der Waals surface area contributed by atoms with Gasteiger partial charge in [-0.2, -0.15) is 0 Å². The van der Waals surface area contributed by atoms with Crippen molar-refractivity contribution >= 4 is 27.3 Å². The molecule has 1 aliphatic heterocycles. The van der Waals surface area contributed by atoms with E-state index in [-0.39, 0.29) is 0 Å². The van der Waals surface area contributed by atoms with Crippen LogP contribution in [0.1, 0.15) is 19.8 Å². The quantitative estimate of drug-likeness (QED) is 0.852. The molecular weight excluding hydrogens is 280 g/mol. The fraction of sp³-hybridized carbons (Fsp3) is 0.538. The van der Waals surface area contributed by atoms with Crippen LogP contribution in [-0.4, -0.2) is 20.2 Å². The van der Waals surface area contributed by atoms with Crippen molar-refractivity contribution in [2.75, 3.05) is 30.8 Å². The molecule has 1 aromatic rings. The van der Waals surface area contributed by atoms with Gasteiger partial charge in [0.1, 0.15) is 5.75 Å². The number of ether oxygens (including phenoxy) is 1. The Labute approximate surface area is 111 Å². The van der Waals surface area contributed by atoms with Gasteiger partial charge >= 0.3 is 0 Å². The molecule has 1 aliphatic rings. The van der Waals surface area contributed by atoms with Crippen molar-refractivity contribution in [1.82, 2.24) is 0 Å². The largest absolute Gasteiger partial charge is 0.494 e. The highest BCUT2D eigenvalue weighted by Gasteiger charge is 2.19. The molecular formula is C13H19BrN2O. The summed E-state index contributed by atoms with van der Waals surface area (Å²) in [5.74, 6) is 1.56. The van der Waals surface area contributed by atoms with Gasteiger partial charge in [0, 0.05) is 17.6 Å². The molecule has 3 nitrogen and oxygen atoms in total. The summed E-state index contributed by atoms with van der Waals surface area (Å²) in [6.45, 7) is 4.46. The van der Waals surface area contributed by atoms with E-state index in [1.54, 1.807) is 7.11 Å². The van der Waals surface area contributed by atoms with Crippen LogP contribution in [0.25, 0.3) is 0 Å². The second kappa shape index (κ2) is 5.17. The Morgan fingerprint density at radius 2 is 2.00 bits per heavy atom. The van der Waals surface area contributed by atoms with Crippen molar-refractivity contribution in [2.24, 2.45) is 5.92 Å². The van der Waals surface area contributed by atoms with E-state index >= 15 is 0 Å². The maximum Gasteiger partial charge on any atom is 0.145 e. The molecule has 1 heterocycles. The predicted octanol–water partition coefficient (Wildman–Crippen LogP) is 3.28. The third-order valence-electron chi connectivity index (χ3n) is 3.43. The van der Waals surface area contributed by atoms with E-state index in [0.29, 0.717) is 0 Å². The molecule has 0 aliphatic carbocycles. The van der Waals surface area contributed by atoms with Gasteiger partial charge in [0.05, 0.1) is 18.5 Å². The first-order valence-electron chi connectivity index (χ1n) is 5.99. The lowest BCUT2D eigenvalue weighted by Gasteiger charge is -2.33. The standard InChI is InChI=1S/C13H19BrN2O/c1-9-3-5-16(6-4-9)11-7-10(14)8-12(17-2)13(11)15/h7-9H,3-6,15H2,1-2H3. The monoisotopic (exact) mass is 298 g/mol. The lowest BCUT2D eigenvalue weighted by molar-refractivity contribution is 0.415. The summed E-state index contributed by atoms with van der Waals surface area (Å²) in [6, 6.07) is 3.99. The first-order valence-corrected chi connectivity index (χ1v) is 6.79. The van der Waals surface area contributed by atoms with Crippen LogP contribution in [0, 0.1) is 5.92 Å². The maximum atomic E-state index is 6.14. The van der Waals surface area contributed by atoms with Crippen LogP contribution in [0.2, 0.25) is 0 Å². The first-order chi connectivity index (χ1) is 8.11. The normalized spacial score (nSPS) is 17.2. The van der Waals surface area contributed by atoms with E-state index in [2.05, 4.69) is 33.8 Å². The van der Waals surface area contributed by atoms with E-state index in [1.807, 2.05) is 6.07 Å². The number of benzene rings is 1. The van der Waals surface area contributed by atoms with Crippen molar-refractivity contribution < 1.29 is 4.74 Å². The summed E-state index contributed by atoms with van der Waals surface area (Å²) in [4.78, 5) is 2.35. The first kappa shape index (κ1) is 12.6. The Bertz CT molecular complexity index is 401. The molecule has 0 radical (unpaired) electrons. The molecule has 17 heavy (non-hydrogen) atoms. The predicted molar refractivity (Wildman–Crippen MR) is 75.7 cm³/mol. The summed E-state index contributed by atoms with van der Waals surface area (Å²) < 4.78 is 6.31. The van der Waals surface area contributed by atoms with Crippen LogP contribution in [0.15, 0.2) is 16.6 Å². The molecule has 1 fully saturated rings. The smallest absolute Gasteiger partial charge is 0.145 e. The molecule has 0 amide bonds. The van der Waals surface area contributed by atoms with Crippen molar-refractivity contribution in [3.8, 4) is 5.75 Å². The lowest BCUT2D eigenvalue weighted by atomic mass is 9.98. The van der Waals surface area contributed by atoms with Gasteiger partial charge in [0.2, 0.25) is 0 Å². The number of nitrogens with zero attached hydrogens (tertiary/aromatic N) is 1. The summed E-state index contributed by atoms with van der Waals surface area (Å²) in [6.07, 6.45) is 2.46. The minimum atomic E-state index is 0.741. The van der Waals surface area contributed by atoms with E-state index in [1.165, 1.54) is 12.8 Å². The Balaban J connectivity index is 2.28. The van der Waals surface area contributed by atoms with Gasteiger partial charge in [-0.05, 0) is 30.9 Å². The number of halogens is 1. The Morgan fingerprint density at radius 1 is 1.35 bits per heavy atom. The molecule has 0 aromatic heterocycles. The van der Waals surface area contributed by atoms with Gasteiger partial charge in [-0.15, -0.1) is 0 Å².